The second-order valence-corrected chi connectivity index (χ2v) is 6.33. The summed E-state index contributed by atoms with van der Waals surface area (Å²) in [4.78, 5) is 25.9. The number of carbonyl (C=O) groups excluding carboxylic acids is 2. The summed E-state index contributed by atoms with van der Waals surface area (Å²) in [7, 11) is 4.67. The first-order valence-corrected chi connectivity index (χ1v) is 7.81. The van der Waals surface area contributed by atoms with Gasteiger partial charge in [0.15, 0.2) is 0 Å². The second-order valence-electron chi connectivity index (χ2n) is 5.57. The van der Waals surface area contributed by atoms with Gasteiger partial charge < -0.3 is 9.64 Å². The summed E-state index contributed by atoms with van der Waals surface area (Å²) in [6.45, 7) is 3.53. The summed E-state index contributed by atoms with van der Waals surface area (Å²) in [5.41, 5.74) is 1.79. The minimum atomic E-state index is -0.609. The van der Waals surface area contributed by atoms with Crippen molar-refractivity contribution >= 4 is 35.1 Å². The lowest BCUT2D eigenvalue weighted by Gasteiger charge is -2.13. The van der Waals surface area contributed by atoms with Gasteiger partial charge in [-0.15, -0.1) is 0 Å². The van der Waals surface area contributed by atoms with Crippen molar-refractivity contribution in [3.05, 3.63) is 44.6 Å². The van der Waals surface area contributed by atoms with E-state index in [4.69, 9.17) is 27.9 Å². The third-order valence-electron chi connectivity index (χ3n) is 3.52. The maximum Gasteiger partial charge on any atom is 0.416 e. The van der Waals surface area contributed by atoms with Crippen LogP contribution in [-0.4, -0.2) is 40.7 Å². The molecule has 0 N–H and O–H groups in total. The highest BCUT2D eigenvalue weighted by molar-refractivity contribution is 6.39. The average molecular weight is 370 g/mol. The van der Waals surface area contributed by atoms with E-state index in [9.17, 15) is 9.59 Å². The van der Waals surface area contributed by atoms with Crippen LogP contribution < -0.4 is 4.74 Å². The second kappa shape index (κ2) is 6.83. The van der Waals surface area contributed by atoms with E-state index < -0.39 is 11.9 Å². The number of ether oxygens (including phenoxy) is 1. The molecule has 0 spiro atoms. The first-order valence-electron chi connectivity index (χ1n) is 7.06. The van der Waals surface area contributed by atoms with Crippen LogP contribution in [0, 0.1) is 13.8 Å². The van der Waals surface area contributed by atoms with Gasteiger partial charge in [-0.3, -0.25) is 4.79 Å². The Morgan fingerprint density at radius 2 is 1.79 bits per heavy atom. The van der Waals surface area contributed by atoms with E-state index >= 15 is 0 Å². The average Bonchev–Trinajstić information content (AvgIpc) is 2.89. The molecule has 0 unspecified atom stereocenters. The molecular formula is C16H17Cl2N3O3. The lowest BCUT2D eigenvalue weighted by atomic mass is 10.0. The molecule has 24 heavy (non-hydrogen) atoms. The number of benzene rings is 1. The summed E-state index contributed by atoms with van der Waals surface area (Å²) in [5.74, 6) is -0.336. The molecule has 128 valence electrons. The van der Waals surface area contributed by atoms with Gasteiger partial charge >= 0.3 is 6.09 Å². The highest BCUT2D eigenvalue weighted by Crippen LogP contribution is 2.33. The van der Waals surface area contributed by atoms with E-state index in [-0.39, 0.29) is 22.0 Å². The van der Waals surface area contributed by atoms with Crippen molar-refractivity contribution in [2.24, 2.45) is 7.05 Å². The van der Waals surface area contributed by atoms with Crippen LogP contribution in [-0.2, 0) is 7.05 Å². The summed E-state index contributed by atoms with van der Waals surface area (Å²) < 4.78 is 6.56. The van der Waals surface area contributed by atoms with E-state index in [0.29, 0.717) is 10.6 Å². The van der Waals surface area contributed by atoms with Crippen LogP contribution >= 0.6 is 23.2 Å². The van der Waals surface area contributed by atoms with E-state index in [1.54, 1.807) is 41.1 Å². The van der Waals surface area contributed by atoms with Gasteiger partial charge in [-0.2, -0.15) is 5.10 Å². The number of aromatic nitrogens is 2. The van der Waals surface area contributed by atoms with Crippen LogP contribution in [0.1, 0.15) is 27.0 Å². The number of carbonyl (C=O) groups is 2. The molecule has 0 atom stereocenters. The zero-order valence-corrected chi connectivity index (χ0v) is 15.5. The monoisotopic (exact) mass is 369 g/mol. The van der Waals surface area contributed by atoms with Gasteiger partial charge in [-0.1, -0.05) is 23.2 Å². The largest absolute Gasteiger partial charge is 0.416 e. The van der Waals surface area contributed by atoms with E-state index in [0.717, 1.165) is 5.56 Å². The molecule has 6 nitrogen and oxygen atoms in total. The number of amides is 1. The summed E-state index contributed by atoms with van der Waals surface area (Å²) in [5, 5.41) is 4.78. The molecule has 8 heteroatoms. The Morgan fingerprint density at radius 3 is 2.38 bits per heavy atom. The molecule has 0 aliphatic heterocycles. The van der Waals surface area contributed by atoms with Crippen molar-refractivity contribution in [1.29, 1.82) is 0 Å². The lowest BCUT2D eigenvalue weighted by Crippen LogP contribution is -2.26. The van der Waals surface area contributed by atoms with E-state index in [1.165, 1.54) is 15.8 Å². The maximum atomic E-state index is 12.9. The van der Waals surface area contributed by atoms with Crippen molar-refractivity contribution in [3.8, 4) is 5.88 Å². The molecular weight excluding hydrogens is 353 g/mol. The quantitative estimate of drug-likeness (QED) is 0.774. The molecule has 1 aromatic heterocycles. The summed E-state index contributed by atoms with van der Waals surface area (Å²) in [6.07, 6.45) is 0.734. The topological polar surface area (TPSA) is 64.4 Å². The van der Waals surface area contributed by atoms with Crippen molar-refractivity contribution in [2.75, 3.05) is 14.1 Å². The summed E-state index contributed by atoms with van der Waals surface area (Å²) in [6, 6.07) is 1.62. The zero-order valence-electron chi connectivity index (χ0n) is 14.0. The fraction of sp³-hybridized carbons (Fsp3) is 0.312. The molecule has 1 amide bonds. The molecule has 0 bridgehead atoms. The molecule has 1 heterocycles. The summed E-state index contributed by atoms with van der Waals surface area (Å²) >= 11 is 12.4. The van der Waals surface area contributed by atoms with E-state index in [1.807, 2.05) is 0 Å². The third-order valence-corrected chi connectivity index (χ3v) is 4.59. The molecule has 1 aromatic carbocycles. The van der Waals surface area contributed by atoms with Gasteiger partial charge in [0.1, 0.15) is 5.56 Å². The zero-order chi connectivity index (χ0) is 18.2. The van der Waals surface area contributed by atoms with Crippen LogP contribution in [0.15, 0.2) is 12.3 Å². The smallest absolute Gasteiger partial charge is 0.391 e. The number of halogens is 2. The predicted molar refractivity (Wildman–Crippen MR) is 92.3 cm³/mol. The Bertz CT molecular complexity index is 828. The van der Waals surface area contributed by atoms with Crippen molar-refractivity contribution in [3.63, 3.8) is 0 Å². The number of nitrogens with zero attached hydrogens (tertiary/aromatic N) is 3. The lowest BCUT2D eigenvalue weighted by molar-refractivity contribution is 0.103. The first-order chi connectivity index (χ1) is 11.1. The Labute approximate surface area is 149 Å². The Hall–Kier alpha value is -2.05. The minimum Gasteiger partial charge on any atom is -0.391 e. The highest BCUT2D eigenvalue weighted by atomic mass is 35.5. The molecule has 0 radical (unpaired) electrons. The molecule has 0 aliphatic rings. The van der Waals surface area contributed by atoms with Gasteiger partial charge in [0.05, 0.1) is 11.2 Å². The van der Waals surface area contributed by atoms with Gasteiger partial charge in [0, 0.05) is 31.7 Å². The highest BCUT2D eigenvalue weighted by Gasteiger charge is 2.25. The third kappa shape index (κ3) is 3.25. The molecule has 0 aliphatic carbocycles. The van der Waals surface area contributed by atoms with Crippen molar-refractivity contribution in [2.45, 2.75) is 13.8 Å². The van der Waals surface area contributed by atoms with Crippen molar-refractivity contribution in [1.82, 2.24) is 14.7 Å². The maximum absolute atomic E-state index is 12.9. The molecule has 2 rings (SSSR count). The number of hydrogen-bond donors (Lipinski definition) is 0. The fourth-order valence-corrected chi connectivity index (χ4v) is 2.56. The minimum absolute atomic E-state index is 0.0556. The van der Waals surface area contributed by atoms with Gasteiger partial charge in [-0.05, 0) is 31.0 Å². The van der Waals surface area contributed by atoms with Crippen LogP contribution in [0.5, 0.6) is 5.88 Å². The van der Waals surface area contributed by atoms with E-state index in [2.05, 4.69) is 5.10 Å². The predicted octanol–water partition coefficient (Wildman–Crippen LogP) is 3.64. The SMILES string of the molecule is Cc1cc(C(=O)c2cnn(C)c2OC(=O)N(C)C)c(Cl)c(C)c1Cl. The fourth-order valence-electron chi connectivity index (χ4n) is 2.12. The Morgan fingerprint density at radius 1 is 1.17 bits per heavy atom. The van der Waals surface area contributed by atoms with Gasteiger partial charge in [0.25, 0.3) is 0 Å². The molecule has 2 aromatic rings. The first kappa shape index (κ1) is 18.3. The van der Waals surface area contributed by atoms with Crippen LogP contribution in [0.4, 0.5) is 4.79 Å². The van der Waals surface area contributed by atoms with Crippen LogP contribution in [0.3, 0.4) is 0 Å². The number of hydrogen-bond acceptors (Lipinski definition) is 4. The number of ketones is 1. The van der Waals surface area contributed by atoms with Crippen LogP contribution in [0.25, 0.3) is 0 Å². The molecule has 0 saturated carbocycles. The standard InChI is InChI=1S/C16H17Cl2N3O3/c1-8-6-10(13(18)9(2)12(8)17)14(22)11-7-19-21(5)15(11)24-16(23)20(3)4/h6-7H,1-5H3. The number of aryl methyl sites for hydroxylation is 2. The Kier molecular flexibility index (Phi) is 5.20. The number of rotatable bonds is 3. The van der Waals surface area contributed by atoms with Gasteiger partial charge in [-0.25, -0.2) is 9.48 Å². The Balaban J connectivity index is 2.51. The molecule has 0 saturated heterocycles. The normalized spacial score (nSPS) is 10.6. The van der Waals surface area contributed by atoms with Gasteiger partial charge in [0.2, 0.25) is 11.7 Å². The molecule has 0 fully saturated rings. The van der Waals surface area contributed by atoms with Crippen molar-refractivity contribution < 1.29 is 14.3 Å². The van der Waals surface area contributed by atoms with Crippen LogP contribution in [0.2, 0.25) is 10.0 Å².